The fraction of sp³-hybridized carbons (Fsp3) is 0.412. The lowest BCUT2D eigenvalue weighted by Gasteiger charge is -2.21. The zero-order valence-electron chi connectivity index (χ0n) is 12.9. The molecule has 0 radical (unpaired) electrons. The number of benzene rings is 1. The Morgan fingerprint density at radius 2 is 2.05 bits per heavy atom. The molecule has 1 amide bonds. The van der Waals surface area contributed by atoms with E-state index in [0.29, 0.717) is 18.9 Å². The van der Waals surface area contributed by atoms with Gasteiger partial charge in [0.1, 0.15) is 0 Å². The van der Waals surface area contributed by atoms with E-state index in [1.54, 1.807) is 11.3 Å². The van der Waals surface area contributed by atoms with E-state index in [9.17, 15) is 4.79 Å². The highest BCUT2D eigenvalue weighted by molar-refractivity contribution is 7.07. The molecule has 0 fully saturated rings. The summed E-state index contributed by atoms with van der Waals surface area (Å²) in [7, 11) is 0. The minimum atomic E-state index is 0.0869. The predicted octanol–water partition coefficient (Wildman–Crippen LogP) is 4.29. The molecule has 1 heterocycles. The van der Waals surface area contributed by atoms with Gasteiger partial charge in [0, 0.05) is 29.8 Å². The molecule has 5 heteroatoms. The Kier molecular flexibility index (Phi) is 6.40. The molecule has 1 unspecified atom stereocenters. The molecule has 1 atom stereocenters. The Morgan fingerprint density at radius 3 is 2.64 bits per heavy atom. The number of aromatic nitrogens is 1. The van der Waals surface area contributed by atoms with Crippen molar-refractivity contribution in [2.45, 2.75) is 32.6 Å². The third kappa shape index (κ3) is 5.11. The topological polar surface area (TPSA) is 42.0 Å². The van der Waals surface area contributed by atoms with Crippen LogP contribution in [0.15, 0.2) is 35.2 Å². The first-order chi connectivity index (χ1) is 10.6. The number of thiazole rings is 1. The summed E-state index contributed by atoms with van der Waals surface area (Å²) < 4.78 is 0. The van der Waals surface area contributed by atoms with Crippen molar-refractivity contribution in [3.05, 3.63) is 51.4 Å². The molecule has 1 aromatic carbocycles. The zero-order chi connectivity index (χ0) is 15.9. The van der Waals surface area contributed by atoms with E-state index in [1.165, 1.54) is 0 Å². The summed E-state index contributed by atoms with van der Waals surface area (Å²) in [6, 6.07) is 7.78. The summed E-state index contributed by atoms with van der Waals surface area (Å²) in [4.78, 5) is 16.4. The molecule has 118 valence electrons. The minimum Gasteiger partial charge on any atom is -0.356 e. The summed E-state index contributed by atoms with van der Waals surface area (Å²) in [5.74, 6) is 0.686. The Bertz CT molecular complexity index is 581. The summed E-state index contributed by atoms with van der Waals surface area (Å²) in [6.07, 6.45) is 1.28. The maximum Gasteiger partial charge on any atom is 0.220 e. The van der Waals surface area contributed by atoms with Crippen molar-refractivity contribution in [1.29, 1.82) is 0 Å². The smallest absolute Gasteiger partial charge is 0.220 e. The van der Waals surface area contributed by atoms with Crippen molar-refractivity contribution in [1.82, 2.24) is 10.3 Å². The molecule has 0 bridgehead atoms. The second-order valence-electron chi connectivity index (χ2n) is 5.69. The molecular formula is C17H21ClN2OS. The maximum absolute atomic E-state index is 12.2. The van der Waals surface area contributed by atoms with Gasteiger partial charge in [-0.1, -0.05) is 37.6 Å². The van der Waals surface area contributed by atoms with Crippen LogP contribution in [-0.4, -0.2) is 17.4 Å². The van der Waals surface area contributed by atoms with Gasteiger partial charge in [-0.2, -0.15) is 0 Å². The van der Waals surface area contributed by atoms with Gasteiger partial charge in [-0.3, -0.25) is 4.79 Å². The molecule has 1 N–H and O–H groups in total. The number of nitrogens with one attached hydrogen (secondary N) is 1. The zero-order valence-corrected chi connectivity index (χ0v) is 14.5. The van der Waals surface area contributed by atoms with Crippen molar-refractivity contribution >= 4 is 28.8 Å². The summed E-state index contributed by atoms with van der Waals surface area (Å²) in [5, 5.41) is 5.72. The number of hydrogen-bond acceptors (Lipinski definition) is 3. The van der Waals surface area contributed by atoms with Crippen LogP contribution >= 0.6 is 22.9 Å². The molecule has 0 saturated carbocycles. The molecule has 2 rings (SSSR count). The largest absolute Gasteiger partial charge is 0.356 e. The maximum atomic E-state index is 12.2. The molecule has 0 aliphatic heterocycles. The second kappa shape index (κ2) is 8.30. The normalized spacial score (nSPS) is 12.4. The van der Waals surface area contributed by atoms with Crippen LogP contribution in [0.5, 0.6) is 0 Å². The quantitative estimate of drug-likeness (QED) is 0.819. The van der Waals surface area contributed by atoms with Gasteiger partial charge in [-0.15, -0.1) is 11.3 Å². The highest BCUT2D eigenvalue weighted by atomic mass is 35.5. The standard InChI is InChI=1S/C17H21ClN2OS/c1-12(2)16(13-3-5-14(18)6-4-13)9-17(21)19-8-7-15-10-22-11-20-15/h3-6,10-12,16H,7-9H2,1-2H3,(H,19,21). The first kappa shape index (κ1) is 17.0. The number of rotatable bonds is 7. The van der Waals surface area contributed by atoms with Crippen molar-refractivity contribution in [3.8, 4) is 0 Å². The Balaban J connectivity index is 1.87. The minimum absolute atomic E-state index is 0.0869. The van der Waals surface area contributed by atoms with E-state index in [2.05, 4.69) is 24.1 Å². The van der Waals surface area contributed by atoms with Gasteiger partial charge < -0.3 is 5.32 Å². The fourth-order valence-corrected chi connectivity index (χ4v) is 3.13. The van der Waals surface area contributed by atoms with Gasteiger partial charge in [0.25, 0.3) is 0 Å². The first-order valence-electron chi connectivity index (χ1n) is 7.45. The molecular weight excluding hydrogens is 316 g/mol. The molecule has 2 aromatic rings. The van der Waals surface area contributed by atoms with Crippen LogP contribution < -0.4 is 5.32 Å². The lowest BCUT2D eigenvalue weighted by Crippen LogP contribution is -2.28. The highest BCUT2D eigenvalue weighted by Gasteiger charge is 2.19. The van der Waals surface area contributed by atoms with Crippen LogP contribution in [0.25, 0.3) is 0 Å². The van der Waals surface area contributed by atoms with E-state index in [-0.39, 0.29) is 11.8 Å². The van der Waals surface area contributed by atoms with Crippen LogP contribution in [-0.2, 0) is 11.2 Å². The fourth-order valence-electron chi connectivity index (χ4n) is 2.41. The van der Waals surface area contributed by atoms with Gasteiger partial charge >= 0.3 is 0 Å². The summed E-state index contributed by atoms with van der Waals surface area (Å²) in [5.41, 5.74) is 4.00. The lowest BCUT2D eigenvalue weighted by molar-refractivity contribution is -0.121. The van der Waals surface area contributed by atoms with Gasteiger partial charge in [0.15, 0.2) is 0 Å². The Labute approximate surface area is 140 Å². The van der Waals surface area contributed by atoms with E-state index >= 15 is 0 Å². The van der Waals surface area contributed by atoms with Gasteiger partial charge in [0.2, 0.25) is 5.91 Å². The average Bonchev–Trinajstić information content (AvgIpc) is 2.99. The second-order valence-corrected chi connectivity index (χ2v) is 6.84. The van der Waals surface area contributed by atoms with Crippen LogP contribution in [0.3, 0.4) is 0 Å². The van der Waals surface area contributed by atoms with E-state index in [0.717, 1.165) is 22.7 Å². The summed E-state index contributed by atoms with van der Waals surface area (Å²) >= 11 is 7.51. The molecule has 22 heavy (non-hydrogen) atoms. The number of hydrogen-bond donors (Lipinski definition) is 1. The molecule has 3 nitrogen and oxygen atoms in total. The lowest BCUT2D eigenvalue weighted by atomic mass is 9.85. The monoisotopic (exact) mass is 336 g/mol. The number of carbonyl (C=O) groups excluding carboxylic acids is 1. The molecule has 0 aliphatic carbocycles. The molecule has 1 aromatic heterocycles. The number of carbonyl (C=O) groups is 1. The van der Waals surface area contributed by atoms with Gasteiger partial charge in [-0.25, -0.2) is 4.98 Å². The number of amides is 1. The van der Waals surface area contributed by atoms with Crippen LogP contribution in [0.1, 0.15) is 37.4 Å². The van der Waals surface area contributed by atoms with Crippen LogP contribution in [0.4, 0.5) is 0 Å². The van der Waals surface area contributed by atoms with E-state index in [1.807, 2.05) is 35.2 Å². The molecule has 0 aliphatic rings. The first-order valence-corrected chi connectivity index (χ1v) is 8.77. The number of halogens is 1. The SMILES string of the molecule is CC(C)C(CC(=O)NCCc1cscn1)c1ccc(Cl)cc1. The predicted molar refractivity (Wildman–Crippen MR) is 92.5 cm³/mol. The van der Waals surface area contributed by atoms with Crippen molar-refractivity contribution < 1.29 is 4.79 Å². The molecule has 0 saturated heterocycles. The Morgan fingerprint density at radius 1 is 1.32 bits per heavy atom. The molecule has 0 spiro atoms. The van der Waals surface area contributed by atoms with Gasteiger partial charge in [0.05, 0.1) is 11.2 Å². The summed E-state index contributed by atoms with van der Waals surface area (Å²) in [6.45, 7) is 4.91. The van der Waals surface area contributed by atoms with E-state index in [4.69, 9.17) is 11.6 Å². The van der Waals surface area contributed by atoms with E-state index < -0.39 is 0 Å². The average molecular weight is 337 g/mol. The highest BCUT2D eigenvalue weighted by Crippen LogP contribution is 2.28. The van der Waals surface area contributed by atoms with Crippen molar-refractivity contribution in [2.24, 2.45) is 5.92 Å². The van der Waals surface area contributed by atoms with Gasteiger partial charge in [-0.05, 0) is 29.5 Å². The third-order valence-corrected chi connectivity index (χ3v) is 4.58. The number of nitrogens with zero attached hydrogens (tertiary/aromatic N) is 1. The van der Waals surface area contributed by atoms with Crippen molar-refractivity contribution in [2.75, 3.05) is 6.54 Å². The van der Waals surface area contributed by atoms with Crippen molar-refractivity contribution in [3.63, 3.8) is 0 Å². The Hall–Kier alpha value is -1.39. The third-order valence-electron chi connectivity index (χ3n) is 3.69. The van der Waals surface area contributed by atoms with Crippen LogP contribution in [0.2, 0.25) is 5.02 Å². The van der Waals surface area contributed by atoms with Crippen LogP contribution in [0, 0.1) is 5.92 Å².